The number of fused-ring (bicyclic) bond motifs is 2. The van der Waals surface area contributed by atoms with Crippen molar-refractivity contribution in [2.75, 3.05) is 0 Å². The lowest BCUT2D eigenvalue weighted by atomic mass is 9.88. The Labute approximate surface area is 277 Å². The molecule has 7 aromatic rings. The van der Waals surface area contributed by atoms with E-state index in [2.05, 4.69) is 160 Å². The molecular weight excluding hydrogens is 585 g/mol. The molecule has 0 bridgehead atoms. The lowest BCUT2D eigenvalue weighted by Crippen LogP contribution is -2.56. The number of rotatable bonds is 5. The molecule has 0 radical (unpaired) electrons. The topological polar surface area (TPSA) is 25.8 Å². The van der Waals surface area contributed by atoms with E-state index in [1.165, 1.54) is 49.0 Å². The van der Waals surface area contributed by atoms with Crippen LogP contribution in [0.5, 0.6) is 0 Å². The van der Waals surface area contributed by atoms with Crippen molar-refractivity contribution in [3.63, 3.8) is 0 Å². The molecule has 47 heavy (non-hydrogen) atoms. The molecule has 0 atom stereocenters. The maximum Gasteiger partial charge on any atom is 0.156 e. The third kappa shape index (κ3) is 4.53. The van der Waals surface area contributed by atoms with E-state index in [-0.39, 0.29) is 5.04 Å². The summed E-state index contributed by atoms with van der Waals surface area (Å²) in [5.74, 6) is 0. The summed E-state index contributed by atoms with van der Waals surface area (Å²) in [5.41, 5.74) is 9.53. The molecule has 0 spiro atoms. The molecule has 226 valence electrons. The molecule has 3 heteroatoms. The largest absolute Gasteiger partial charge is 0.256 e. The monoisotopic (exact) mass is 620 g/mol. The van der Waals surface area contributed by atoms with Gasteiger partial charge in [0.25, 0.3) is 0 Å². The maximum absolute atomic E-state index is 5.10. The van der Waals surface area contributed by atoms with Crippen molar-refractivity contribution in [2.24, 2.45) is 0 Å². The Morgan fingerprint density at radius 2 is 0.830 bits per heavy atom. The first kappa shape index (κ1) is 29.0. The second kappa shape index (κ2) is 11.4. The van der Waals surface area contributed by atoms with E-state index in [0.717, 1.165) is 21.8 Å². The van der Waals surface area contributed by atoms with Crippen LogP contribution in [0.1, 0.15) is 43.0 Å². The van der Waals surface area contributed by atoms with Crippen LogP contribution in [0.3, 0.4) is 0 Å². The van der Waals surface area contributed by atoms with Gasteiger partial charge in [0.1, 0.15) is 0 Å². The highest BCUT2D eigenvalue weighted by Crippen LogP contribution is 2.63. The Balaban J connectivity index is 1.69. The molecule has 0 saturated carbocycles. The lowest BCUT2D eigenvalue weighted by molar-refractivity contribution is 0.741. The zero-order chi connectivity index (χ0) is 32.0. The van der Waals surface area contributed by atoms with Gasteiger partial charge in [0.05, 0.1) is 11.0 Å². The fraction of sp³-hybridized carbons (Fsp3) is 0.0909. The predicted octanol–water partition coefficient (Wildman–Crippen LogP) is 10.6. The Bertz CT molecular complexity index is 2170. The Kier molecular flexibility index (Phi) is 7.08. The molecule has 3 heterocycles. The van der Waals surface area contributed by atoms with Crippen LogP contribution < -0.4 is 5.19 Å². The summed E-state index contributed by atoms with van der Waals surface area (Å²) in [6.07, 6.45) is 3.88. The normalized spacial score (nSPS) is 14.7. The van der Waals surface area contributed by atoms with Crippen LogP contribution in [0.2, 0.25) is 5.04 Å². The van der Waals surface area contributed by atoms with E-state index in [1.807, 2.05) is 24.5 Å². The highest BCUT2D eigenvalue weighted by Gasteiger charge is 2.58. The minimum absolute atomic E-state index is 0.163. The Hall–Kier alpha value is -5.38. The van der Waals surface area contributed by atoms with Crippen LogP contribution in [0.4, 0.5) is 0 Å². The first-order chi connectivity index (χ1) is 23.0. The minimum atomic E-state index is -3.00. The molecular formula is C44H36N2Si. The second-order valence-corrected chi connectivity index (χ2v) is 17.9. The van der Waals surface area contributed by atoms with E-state index in [9.17, 15) is 0 Å². The summed E-state index contributed by atoms with van der Waals surface area (Å²) in [7, 11) is -3.00. The molecule has 2 nitrogen and oxygen atoms in total. The number of nitrogens with zero attached hydrogens (tertiary/aromatic N) is 2. The van der Waals surface area contributed by atoms with Gasteiger partial charge in [0.2, 0.25) is 0 Å². The molecule has 0 N–H and O–H groups in total. The van der Waals surface area contributed by atoms with Crippen LogP contribution >= 0.6 is 0 Å². The van der Waals surface area contributed by atoms with Gasteiger partial charge in [-0.15, -0.1) is 0 Å². The molecule has 2 aromatic heterocycles. The summed E-state index contributed by atoms with van der Waals surface area (Å²) in [6, 6.07) is 55.3. The number of pyridine rings is 2. The van der Waals surface area contributed by atoms with Gasteiger partial charge in [-0.05, 0) is 55.0 Å². The van der Waals surface area contributed by atoms with E-state index in [1.54, 1.807) is 0 Å². The van der Waals surface area contributed by atoms with Crippen molar-refractivity contribution < 1.29 is 0 Å². The van der Waals surface area contributed by atoms with Crippen LogP contribution in [0.25, 0.3) is 43.3 Å². The molecule has 8 rings (SSSR count). The summed E-state index contributed by atoms with van der Waals surface area (Å²) >= 11 is 0. The van der Waals surface area contributed by atoms with Crippen molar-refractivity contribution >= 4 is 56.6 Å². The van der Waals surface area contributed by atoms with Gasteiger partial charge in [-0.2, -0.15) is 0 Å². The first-order valence-corrected chi connectivity index (χ1v) is 18.3. The fourth-order valence-corrected chi connectivity index (χ4v) is 14.4. The van der Waals surface area contributed by atoms with Crippen LogP contribution in [0, 0.1) is 0 Å². The number of para-hydroxylation sites is 2. The Morgan fingerprint density at radius 1 is 0.426 bits per heavy atom. The van der Waals surface area contributed by atoms with E-state index in [4.69, 9.17) is 9.97 Å². The average molecular weight is 621 g/mol. The number of aromatic nitrogens is 2. The molecule has 1 aliphatic heterocycles. The molecule has 0 unspecified atom stereocenters. The van der Waals surface area contributed by atoms with E-state index >= 15 is 0 Å². The van der Waals surface area contributed by atoms with Crippen molar-refractivity contribution in [3.05, 3.63) is 186 Å². The summed E-state index contributed by atoms with van der Waals surface area (Å²) in [6.45, 7) is 7.37. The van der Waals surface area contributed by atoms with Gasteiger partial charge in [-0.3, -0.25) is 9.97 Å². The minimum Gasteiger partial charge on any atom is -0.256 e. The van der Waals surface area contributed by atoms with Crippen molar-refractivity contribution in [3.8, 4) is 0 Å². The van der Waals surface area contributed by atoms with Gasteiger partial charge < -0.3 is 0 Å². The SMILES string of the molecule is CC(C)(C)[Si]1(c2ccccc2)C(c2cccc3cccnc23)=C(c2ccccc2)C(c2ccccc2)=C1c1cccc2cccnc12. The smallest absolute Gasteiger partial charge is 0.156 e. The number of hydrogen-bond acceptors (Lipinski definition) is 2. The van der Waals surface area contributed by atoms with Gasteiger partial charge in [-0.25, -0.2) is 0 Å². The van der Waals surface area contributed by atoms with Crippen LogP contribution in [-0.4, -0.2) is 18.0 Å². The standard InChI is InChI=1S/C44H36N2Si/c1-44(2,3)47(35-25-11-6-12-26-35)42(36-27-13-21-33-23-15-29-45-40(33)36)38(31-17-7-4-8-18-31)39(32-19-9-5-10-20-32)43(47)37-28-14-22-34-24-16-30-46-41(34)37/h4-30H,1-3H3. The average Bonchev–Trinajstić information content (AvgIpc) is 3.45. The van der Waals surface area contributed by atoms with Crippen molar-refractivity contribution in [2.45, 2.75) is 25.8 Å². The first-order valence-electron chi connectivity index (χ1n) is 16.3. The zero-order valence-corrected chi connectivity index (χ0v) is 28.0. The van der Waals surface area contributed by atoms with Gasteiger partial charge in [0.15, 0.2) is 8.07 Å². The zero-order valence-electron chi connectivity index (χ0n) is 27.0. The molecule has 0 saturated heterocycles. The Morgan fingerprint density at radius 3 is 1.26 bits per heavy atom. The highest BCUT2D eigenvalue weighted by atomic mass is 28.3. The van der Waals surface area contributed by atoms with Gasteiger partial charge >= 0.3 is 0 Å². The lowest BCUT2D eigenvalue weighted by Gasteiger charge is -2.46. The van der Waals surface area contributed by atoms with Gasteiger partial charge in [0, 0.05) is 34.3 Å². The summed E-state index contributed by atoms with van der Waals surface area (Å²) in [5, 5.41) is 6.34. The number of hydrogen-bond donors (Lipinski definition) is 0. The predicted molar refractivity (Wildman–Crippen MR) is 202 cm³/mol. The van der Waals surface area contributed by atoms with Crippen LogP contribution in [0.15, 0.2) is 164 Å². The van der Waals surface area contributed by atoms with Crippen molar-refractivity contribution in [1.29, 1.82) is 0 Å². The molecule has 0 fully saturated rings. The van der Waals surface area contributed by atoms with Crippen molar-refractivity contribution in [1.82, 2.24) is 9.97 Å². The van der Waals surface area contributed by atoms with Gasteiger partial charge in [-0.1, -0.05) is 160 Å². The number of benzene rings is 5. The van der Waals surface area contributed by atoms with E-state index < -0.39 is 8.07 Å². The summed E-state index contributed by atoms with van der Waals surface area (Å²) in [4.78, 5) is 10.2. The fourth-order valence-electron chi connectivity index (χ4n) is 7.98. The maximum atomic E-state index is 5.10. The third-order valence-electron chi connectivity index (χ3n) is 9.76. The van der Waals surface area contributed by atoms with E-state index in [0.29, 0.717) is 0 Å². The molecule has 1 aliphatic rings. The van der Waals surface area contributed by atoms with Crippen LogP contribution in [-0.2, 0) is 0 Å². The molecule has 0 aliphatic carbocycles. The third-order valence-corrected chi connectivity index (χ3v) is 15.7. The molecule has 5 aromatic carbocycles. The second-order valence-electron chi connectivity index (χ2n) is 13.4. The molecule has 0 amide bonds. The highest BCUT2D eigenvalue weighted by molar-refractivity contribution is 7.24. The number of allylic oxidation sites excluding steroid dienone is 2. The summed E-state index contributed by atoms with van der Waals surface area (Å²) < 4.78 is 0. The quantitative estimate of drug-likeness (QED) is 0.179.